The average Bonchev–Trinajstić information content (AvgIpc) is 3.81. The van der Waals surface area contributed by atoms with Gasteiger partial charge in [-0.3, -0.25) is 20.0 Å². The molecule has 3 aromatic heterocycles. The summed E-state index contributed by atoms with van der Waals surface area (Å²) in [5, 5.41) is 11.9. The highest BCUT2D eigenvalue weighted by Crippen LogP contribution is 2.38. The molecule has 5 heterocycles. The van der Waals surface area contributed by atoms with Crippen molar-refractivity contribution < 1.29 is 59.7 Å². The predicted octanol–water partition coefficient (Wildman–Crippen LogP) is 6.80. The Morgan fingerprint density at radius 2 is 1.87 bits per heavy atom. The van der Waals surface area contributed by atoms with Crippen molar-refractivity contribution in [2.45, 2.75) is 57.7 Å². The van der Waals surface area contributed by atoms with Gasteiger partial charge < -0.3 is 23.9 Å². The lowest BCUT2D eigenvalue weighted by Gasteiger charge is -2.28. The zero-order chi connectivity index (χ0) is 51.0. The van der Waals surface area contributed by atoms with Crippen LogP contribution in [0.2, 0.25) is 5.02 Å². The minimum absolute atomic E-state index is 0.0715. The van der Waals surface area contributed by atoms with Crippen LogP contribution in [0.4, 0.5) is 39.7 Å². The maximum Gasteiger partial charge on any atom is 0.389 e. The van der Waals surface area contributed by atoms with Gasteiger partial charge in [0.15, 0.2) is 19.0 Å². The SMILES string of the molecule is C#CCN1C(=O)COc2cc(F)c(/N=c3\snc4n3CC(C)(C)C4)cc21.COc1nc(C)nc(NC(=O)NS(=O)(=O)c2ccccc2CCC(F)(F)F)n1.O=C(O)COc1ccc(Cl)c2cccnc12. The van der Waals surface area contributed by atoms with Crippen molar-refractivity contribution in [2.24, 2.45) is 10.4 Å². The number of terminal acetylenes is 1. The van der Waals surface area contributed by atoms with E-state index >= 15 is 0 Å². The number of halogens is 5. The number of benzene rings is 3. The van der Waals surface area contributed by atoms with E-state index in [1.54, 1.807) is 35.2 Å². The first-order valence-electron chi connectivity index (χ1n) is 20.5. The monoisotopic (exact) mass is 1030 g/mol. The number of carboxylic acid groups (broad SMARTS) is 1. The number of ether oxygens (including phenoxy) is 3. The number of methoxy groups -OCH3 is 1. The number of carbonyl (C=O) groups is 3. The third-order valence-electron chi connectivity index (χ3n) is 9.77. The number of nitrogens with zero attached hydrogens (tertiary/aromatic N) is 8. The Labute approximate surface area is 405 Å². The van der Waals surface area contributed by atoms with Crippen LogP contribution in [0.3, 0.4) is 0 Å². The number of amides is 3. The van der Waals surface area contributed by atoms with Crippen molar-refractivity contribution in [1.29, 1.82) is 0 Å². The Hall–Kier alpha value is -7.43. The molecule has 0 bridgehead atoms. The smallest absolute Gasteiger partial charge is 0.389 e. The van der Waals surface area contributed by atoms with Crippen LogP contribution in [0.1, 0.15) is 37.5 Å². The lowest BCUT2D eigenvalue weighted by Crippen LogP contribution is -2.39. The highest BCUT2D eigenvalue weighted by Gasteiger charge is 2.32. The molecule has 0 spiro atoms. The molecule has 6 aromatic rings. The van der Waals surface area contributed by atoms with E-state index in [2.05, 4.69) is 54.4 Å². The van der Waals surface area contributed by atoms with Crippen LogP contribution in [-0.4, -0.2) is 93.4 Å². The third-order valence-corrected chi connectivity index (χ3v) is 12.3. The van der Waals surface area contributed by atoms with Gasteiger partial charge >= 0.3 is 24.2 Å². The summed E-state index contributed by atoms with van der Waals surface area (Å²) in [6.07, 6.45) is 1.62. The summed E-state index contributed by atoms with van der Waals surface area (Å²) in [7, 11) is -3.14. The molecule has 2 aliphatic rings. The molecular weight excluding hydrogens is 988 g/mol. The van der Waals surface area contributed by atoms with Crippen molar-refractivity contribution in [3.05, 3.63) is 99.7 Å². The van der Waals surface area contributed by atoms with Crippen molar-refractivity contribution in [3.63, 3.8) is 0 Å². The lowest BCUT2D eigenvalue weighted by atomic mass is 9.92. The van der Waals surface area contributed by atoms with E-state index in [4.69, 9.17) is 37.3 Å². The standard InChI is InChI=1S/C18H17FN4O2S.C15H16F3N5O4S.C11H8ClNO3/c1-4-5-22-13-7-12(11(19)6-14(13)25-9-16(22)24)20-17-23-10-18(2,3)8-15(23)21-26-17;1-9-19-12(22-14(20-9)27-2)21-13(24)23-28(25,26)11-6-4-3-5-10(11)7-8-15(16,17)18;12-8-3-4-9(16-6-10(14)15)11-7(8)2-1-5-13-11/h1,6-7H,5,8-10H2,2-3H3;3-6H,7-8H2,1-2H3,(H2,19,20,21,22,23,24);1-5H,6H2,(H,14,15)/b20-17-;;. The summed E-state index contributed by atoms with van der Waals surface area (Å²) >= 11 is 7.22. The summed E-state index contributed by atoms with van der Waals surface area (Å²) in [4.78, 5) is 56.0. The van der Waals surface area contributed by atoms with Gasteiger partial charge in [0.2, 0.25) is 10.7 Å². The predicted molar refractivity (Wildman–Crippen MR) is 247 cm³/mol. The number of carbonyl (C=O) groups excluding carboxylic acids is 2. The molecule has 0 unspecified atom stereocenters. The number of aryl methyl sites for hydroxylation is 2. The van der Waals surface area contributed by atoms with E-state index in [0.717, 1.165) is 30.2 Å². The second-order valence-electron chi connectivity index (χ2n) is 15.8. The van der Waals surface area contributed by atoms with E-state index in [0.29, 0.717) is 32.5 Å². The summed E-state index contributed by atoms with van der Waals surface area (Å²) in [6.45, 7) is 6.16. The Bertz CT molecular complexity index is 3180. The maximum atomic E-state index is 14.5. The van der Waals surface area contributed by atoms with E-state index in [1.165, 1.54) is 60.8 Å². The zero-order valence-corrected chi connectivity index (χ0v) is 39.8. The Morgan fingerprint density at radius 1 is 1.11 bits per heavy atom. The molecule has 3 amide bonds. The number of fused-ring (bicyclic) bond motifs is 3. The Kier molecular flexibility index (Phi) is 16.2. The lowest BCUT2D eigenvalue weighted by molar-refractivity contribution is -0.139. The van der Waals surface area contributed by atoms with E-state index in [9.17, 15) is 40.4 Å². The first-order chi connectivity index (χ1) is 33.1. The number of sulfonamides is 1. The molecule has 70 heavy (non-hydrogen) atoms. The molecule has 19 nitrogen and oxygen atoms in total. The zero-order valence-electron chi connectivity index (χ0n) is 37.4. The topological polar surface area (TPSA) is 242 Å². The van der Waals surface area contributed by atoms with Gasteiger partial charge in [0.25, 0.3) is 15.9 Å². The van der Waals surface area contributed by atoms with Crippen molar-refractivity contribution in [2.75, 3.05) is 37.1 Å². The van der Waals surface area contributed by atoms with E-state index in [-0.39, 0.29) is 53.5 Å². The van der Waals surface area contributed by atoms with Crippen LogP contribution in [0.5, 0.6) is 17.5 Å². The van der Waals surface area contributed by atoms with Gasteiger partial charge in [-0.2, -0.15) is 32.5 Å². The number of nitrogens with one attached hydrogen (secondary N) is 2. The van der Waals surface area contributed by atoms with Crippen molar-refractivity contribution in [3.8, 4) is 29.9 Å². The van der Waals surface area contributed by atoms with Gasteiger partial charge in [0, 0.05) is 48.6 Å². The van der Waals surface area contributed by atoms with Crippen LogP contribution in [0.25, 0.3) is 10.9 Å². The number of alkyl halides is 3. The third kappa shape index (κ3) is 13.4. The molecule has 0 radical (unpaired) electrons. The molecule has 0 fully saturated rings. The molecule has 0 atom stereocenters. The normalized spacial score (nSPS) is 13.9. The molecule has 0 saturated heterocycles. The quantitative estimate of drug-likeness (QED) is 0.0893. The van der Waals surface area contributed by atoms with E-state index in [1.807, 2.05) is 4.57 Å². The molecule has 0 aliphatic carbocycles. The molecule has 8 rings (SSSR count). The molecule has 26 heteroatoms. The number of urea groups is 1. The maximum absolute atomic E-state index is 14.5. The molecular formula is C44H41ClF4N10O9S2. The molecule has 2 aliphatic heterocycles. The van der Waals surface area contributed by atoms with Crippen LogP contribution in [0.15, 0.2) is 76.7 Å². The van der Waals surface area contributed by atoms with Gasteiger partial charge in [-0.05, 0) is 60.7 Å². The minimum atomic E-state index is -4.45. The van der Waals surface area contributed by atoms with Crippen LogP contribution in [0, 0.1) is 30.5 Å². The first-order valence-corrected chi connectivity index (χ1v) is 23.1. The van der Waals surface area contributed by atoms with Gasteiger partial charge in [-0.1, -0.05) is 49.6 Å². The molecule has 3 N–H and O–H groups in total. The molecule has 368 valence electrons. The number of anilines is 2. The minimum Gasteiger partial charge on any atom is -0.481 e. The molecule has 0 saturated carbocycles. The summed E-state index contributed by atoms with van der Waals surface area (Å²) in [5.41, 5.74) is 1.17. The van der Waals surface area contributed by atoms with Gasteiger partial charge in [-0.15, -0.1) is 6.42 Å². The highest BCUT2D eigenvalue weighted by molar-refractivity contribution is 7.90. The van der Waals surface area contributed by atoms with Gasteiger partial charge in [-0.25, -0.2) is 32.1 Å². The number of aromatic nitrogens is 6. The van der Waals surface area contributed by atoms with Crippen LogP contribution < -0.4 is 34.0 Å². The van der Waals surface area contributed by atoms with E-state index < -0.39 is 58.4 Å². The number of pyridine rings is 1. The number of aliphatic carboxylic acids is 1. The fourth-order valence-electron chi connectivity index (χ4n) is 6.77. The summed E-state index contributed by atoms with van der Waals surface area (Å²) < 4.78 is 100. The van der Waals surface area contributed by atoms with Crippen LogP contribution in [-0.2, 0) is 39.0 Å². The Morgan fingerprint density at radius 3 is 2.59 bits per heavy atom. The Balaban J connectivity index is 0.000000178. The number of rotatable bonds is 11. The fourth-order valence-corrected chi connectivity index (χ4v) is 8.92. The molecule has 3 aromatic carbocycles. The van der Waals surface area contributed by atoms with Crippen molar-refractivity contribution >= 4 is 79.3 Å². The largest absolute Gasteiger partial charge is 0.481 e. The number of carboxylic acids is 1. The fraction of sp³-hybridized carbons (Fsp3) is 0.295. The van der Waals surface area contributed by atoms with Crippen molar-refractivity contribution in [1.82, 2.24) is 33.6 Å². The first kappa shape index (κ1) is 52.0. The highest BCUT2D eigenvalue weighted by atomic mass is 35.5. The number of hydrogen-bond donors (Lipinski definition) is 3. The second-order valence-corrected chi connectivity index (χ2v) is 18.6. The van der Waals surface area contributed by atoms with Crippen LogP contribution >= 0.6 is 23.1 Å². The van der Waals surface area contributed by atoms with Gasteiger partial charge in [0.05, 0.1) is 29.3 Å². The summed E-state index contributed by atoms with van der Waals surface area (Å²) in [6, 6.07) is 13.4. The van der Waals surface area contributed by atoms with Gasteiger partial charge in [0.1, 0.15) is 34.4 Å². The number of hydrogen-bond acceptors (Lipinski definition) is 15. The average molecular weight is 1030 g/mol. The summed E-state index contributed by atoms with van der Waals surface area (Å²) in [5.74, 6) is 2.26. The second kappa shape index (κ2) is 21.9.